The Balaban J connectivity index is 0.000000256. The molecule has 178 valence electrons. The molecular weight excluding hydrogens is 452 g/mol. The van der Waals surface area contributed by atoms with Crippen LogP contribution in [0.1, 0.15) is 24.0 Å². The first-order valence-electron chi connectivity index (χ1n) is 11.2. The molecule has 3 heterocycles. The van der Waals surface area contributed by atoms with Gasteiger partial charge in [-0.3, -0.25) is 14.3 Å². The van der Waals surface area contributed by atoms with E-state index >= 15 is 0 Å². The Morgan fingerprint density at radius 2 is 1.72 bits per heavy atom. The first-order chi connectivity index (χ1) is 17.4. The molecule has 0 saturated carbocycles. The van der Waals surface area contributed by atoms with Gasteiger partial charge < -0.3 is 11.5 Å². The fourth-order valence-electron chi connectivity index (χ4n) is 3.72. The number of nitrogen functional groups attached to an aromatic ring is 2. The van der Waals surface area contributed by atoms with Gasteiger partial charge in [0, 0.05) is 23.9 Å². The molecule has 0 atom stereocenters. The van der Waals surface area contributed by atoms with Crippen LogP contribution in [-0.4, -0.2) is 24.5 Å². The summed E-state index contributed by atoms with van der Waals surface area (Å²) >= 11 is 0. The van der Waals surface area contributed by atoms with Crippen LogP contribution in [0.3, 0.4) is 0 Å². The van der Waals surface area contributed by atoms with E-state index in [2.05, 4.69) is 15.0 Å². The fourth-order valence-corrected chi connectivity index (χ4v) is 3.72. The zero-order valence-electron chi connectivity index (χ0n) is 19.9. The number of nitriles is 1. The molecular formula is C27H24N8O. The van der Waals surface area contributed by atoms with Gasteiger partial charge >= 0.3 is 0 Å². The minimum atomic E-state index is -0.0470. The molecule has 0 aliphatic heterocycles. The molecule has 9 nitrogen and oxygen atoms in total. The summed E-state index contributed by atoms with van der Waals surface area (Å²) < 4.78 is 1.72. The van der Waals surface area contributed by atoms with Crippen molar-refractivity contribution in [3.8, 4) is 22.9 Å². The summed E-state index contributed by atoms with van der Waals surface area (Å²) in [4.78, 5) is 29.8. The normalized spacial score (nSPS) is 10.4. The van der Waals surface area contributed by atoms with Crippen LogP contribution in [-0.2, 0) is 6.42 Å². The maximum atomic E-state index is 13.5. The zero-order valence-corrected chi connectivity index (χ0v) is 19.9. The molecule has 5 rings (SSSR count). The lowest BCUT2D eigenvalue weighted by molar-refractivity contribution is 0.833. The minimum absolute atomic E-state index is 0.0470. The summed E-state index contributed by atoms with van der Waals surface area (Å²) in [5.41, 5.74) is 14.9. The number of aromatic nitrogens is 5. The van der Waals surface area contributed by atoms with E-state index in [1.54, 1.807) is 4.57 Å². The summed E-state index contributed by atoms with van der Waals surface area (Å²) in [5, 5.41) is 8.98. The smallest absolute Gasteiger partial charge is 0.266 e. The summed E-state index contributed by atoms with van der Waals surface area (Å²) in [5.74, 6) is 0.958. The average Bonchev–Trinajstić information content (AvgIpc) is 2.89. The highest BCUT2D eigenvalue weighted by Crippen LogP contribution is 2.26. The third-order valence-electron chi connectivity index (χ3n) is 5.48. The molecule has 4 N–H and O–H groups in total. The molecule has 0 radical (unpaired) electrons. The Kier molecular flexibility index (Phi) is 6.97. The summed E-state index contributed by atoms with van der Waals surface area (Å²) in [6, 6.07) is 21.2. The molecule has 0 fully saturated rings. The Morgan fingerprint density at radius 1 is 0.944 bits per heavy atom. The highest BCUT2D eigenvalue weighted by atomic mass is 16.1. The molecule has 0 saturated heterocycles. The van der Waals surface area contributed by atoms with Crippen LogP contribution in [0.4, 0.5) is 11.8 Å². The molecule has 5 aromatic rings. The quantitative estimate of drug-likeness (QED) is 0.399. The van der Waals surface area contributed by atoms with Crippen molar-refractivity contribution >= 4 is 22.7 Å². The lowest BCUT2D eigenvalue weighted by Gasteiger charge is -2.14. The van der Waals surface area contributed by atoms with Crippen molar-refractivity contribution in [2.24, 2.45) is 0 Å². The van der Waals surface area contributed by atoms with Gasteiger partial charge in [-0.1, -0.05) is 43.3 Å². The van der Waals surface area contributed by atoms with Gasteiger partial charge in [0.2, 0.25) is 5.95 Å². The van der Waals surface area contributed by atoms with Crippen LogP contribution in [0.15, 0.2) is 77.9 Å². The van der Waals surface area contributed by atoms with Crippen molar-refractivity contribution < 1.29 is 0 Å². The number of benzene rings is 2. The van der Waals surface area contributed by atoms with Crippen molar-refractivity contribution in [3.63, 3.8) is 0 Å². The van der Waals surface area contributed by atoms with E-state index in [1.807, 2.05) is 86.8 Å². The number of anilines is 2. The second kappa shape index (κ2) is 10.4. The summed E-state index contributed by atoms with van der Waals surface area (Å²) in [6.45, 7) is 3.96. The average molecular weight is 477 g/mol. The van der Waals surface area contributed by atoms with Gasteiger partial charge in [-0.2, -0.15) is 10.2 Å². The van der Waals surface area contributed by atoms with E-state index in [4.69, 9.17) is 21.7 Å². The number of aryl methyl sites for hydroxylation is 2. The Labute approximate surface area is 207 Å². The van der Waals surface area contributed by atoms with Crippen molar-refractivity contribution in [1.82, 2.24) is 24.5 Å². The summed E-state index contributed by atoms with van der Waals surface area (Å²) in [7, 11) is 0. The second-order valence-corrected chi connectivity index (χ2v) is 7.88. The van der Waals surface area contributed by atoms with Crippen molar-refractivity contribution in [2.45, 2.75) is 20.3 Å². The number of hydrogen-bond donors (Lipinski definition) is 2. The predicted octanol–water partition coefficient (Wildman–Crippen LogP) is 3.83. The number of nitrogens with two attached hydrogens (primary N) is 2. The predicted molar refractivity (Wildman–Crippen MR) is 140 cm³/mol. The van der Waals surface area contributed by atoms with Crippen LogP contribution in [0, 0.1) is 18.3 Å². The summed E-state index contributed by atoms with van der Waals surface area (Å²) in [6.07, 6.45) is 3.78. The zero-order chi connectivity index (χ0) is 25.7. The molecule has 0 bridgehead atoms. The van der Waals surface area contributed by atoms with Crippen LogP contribution >= 0.6 is 0 Å². The van der Waals surface area contributed by atoms with Crippen LogP contribution < -0.4 is 17.0 Å². The van der Waals surface area contributed by atoms with Gasteiger partial charge in [0.25, 0.3) is 5.56 Å². The molecule has 3 aromatic heterocycles. The van der Waals surface area contributed by atoms with Gasteiger partial charge in [-0.15, -0.1) is 0 Å². The van der Waals surface area contributed by atoms with E-state index in [1.165, 1.54) is 6.20 Å². The van der Waals surface area contributed by atoms with E-state index < -0.39 is 0 Å². The maximum Gasteiger partial charge on any atom is 0.266 e. The Bertz CT molecular complexity index is 1620. The topological polar surface area (TPSA) is 149 Å². The highest BCUT2D eigenvalue weighted by molar-refractivity contribution is 5.94. The lowest BCUT2D eigenvalue weighted by atomic mass is 10.0. The number of hydrogen-bond acceptors (Lipinski definition) is 8. The Morgan fingerprint density at radius 3 is 2.36 bits per heavy atom. The monoisotopic (exact) mass is 476 g/mol. The molecule has 0 unspecified atom stereocenters. The van der Waals surface area contributed by atoms with Gasteiger partial charge in [0.1, 0.15) is 23.3 Å². The van der Waals surface area contributed by atoms with Crippen molar-refractivity contribution in [1.29, 1.82) is 5.26 Å². The molecule has 0 amide bonds. The van der Waals surface area contributed by atoms with Crippen LogP contribution in [0.5, 0.6) is 0 Å². The Hall–Kier alpha value is -5.10. The minimum Gasteiger partial charge on any atom is -0.382 e. The number of pyridine rings is 1. The first kappa shape index (κ1) is 24.0. The van der Waals surface area contributed by atoms with E-state index in [-0.39, 0.29) is 22.9 Å². The van der Waals surface area contributed by atoms with Crippen molar-refractivity contribution in [2.75, 3.05) is 11.5 Å². The maximum absolute atomic E-state index is 13.5. The van der Waals surface area contributed by atoms with Gasteiger partial charge in [0.05, 0.1) is 22.8 Å². The highest BCUT2D eigenvalue weighted by Gasteiger charge is 2.15. The largest absolute Gasteiger partial charge is 0.382 e. The fraction of sp³-hybridized carbons (Fsp3) is 0.111. The second-order valence-electron chi connectivity index (χ2n) is 7.88. The van der Waals surface area contributed by atoms with E-state index in [9.17, 15) is 4.79 Å². The van der Waals surface area contributed by atoms with Gasteiger partial charge in [-0.25, -0.2) is 9.97 Å². The molecule has 0 spiro atoms. The molecule has 9 heteroatoms. The number of rotatable bonds is 3. The molecule has 0 aliphatic carbocycles. The molecule has 36 heavy (non-hydrogen) atoms. The van der Waals surface area contributed by atoms with E-state index in [0.29, 0.717) is 11.8 Å². The van der Waals surface area contributed by atoms with Gasteiger partial charge in [-0.05, 0) is 36.8 Å². The van der Waals surface area contributed by atoms with Crippen LogP contribution in [0.2, 0.25) is 0 Å². The standard InChI is InChI=1S/C22H19N3O.C5H5N5/c1-3-20-24-19-11-7-10-18(16-13-12-15(2)23-14-16)21(19)22(26)25(20)17-8-5-4-6-9-17;6-1-3-2-9-5(8)10-4(3)7/h4-14H,3H2,1-2H3;2H,(H4,7,8,9,10). The van der Waals surface area contributed by atoms with Crippen molar-refractivity contribution in [3.05, 3.63) is 100 Å². The van der Waals surface area contributed by atoms with Crippen LogP contribution in [0.25, 0.3) is 27.7 Å². The SMILES string of the molecule is CCc1nc2cccc(-c3ccc(C)nc3)c2c(=O)n1-c1ccccc1.N#Cc1cnc(N)nc1N. The van der Waals surface area contributed by atoms with Gasteiger partial charge in [0.15, 0.2) is 0 Å². The first-order valence-corrected chi connectivity index (χ1v) is 11.2. The number of fused-ring (bicyclic) bond motifs is 1. The molecule has 2 aromatic carbocycles. The third-order valence-corrected chi connectivity index (χ3v) is 5.48. The third kappa shape index (κ3) is 4.88. The number of para-hydroxylation sites is 1. The molecule has 0 aliphatic rings. The van der Waals surface area contributed by atoms with E-state index in [0.717, 1.165) is 33.8 Å². The lowest BCUT2D eigenvalue weighted by Crippen LogP contribution is -2.24. The number of nitrogens with zero attached hydrogens (tertiary/aromatic N) is 6.